The van der Waals surface area contributed by atoms with E-state index in [9.17, 15) is 0 Å². The summed E-state index contributed by atoms with van der Waals surface area (Å²) in [6.07, 6.45) is 13.8. The maximum atomic E-state index is 5.82. The van der Waals surface area contributed by atoms with E-state index in [1.54, 1.807) is 4.88 Å². The van der Waals surface area contributed by atoms with Gasteiger partial charge in [-0.25, -0.2) is 0 Å². The van der Waals surface area contributed by atoms with Crippen molar-refractivity contribution in [3.05, 3.63) is 41.3 Å². The molecule has 4 rings (SSSR count). The van der Waals surface area contributed by atoms with E-state index in [2.05, 4.69) is 57.2 Å². The molecule has 0 spiro atoms. The van der Waals surface area contributed by atoms with E-state index in [0.29, 0.717) is 5.92 Å². The van der Waals surface area contributed by atoms with Crippen LogP contribution in [0.1, 0.15) is 95.8 Å². The first-order chi connectivity index (χ1) is 15.7. The zero-order valence-corrected chi connectivity index (χ0v) is 21.8. The molecule has 0 N–H and O–H groups in total. The van der Waals surface area contributed by atoms with Crippen molar-refractivity contribution in [3.63, 3.8) is 0 Å². The fourth-order valence-corrected chi connectivity index (χ4v) is 7.72. The standard InChI is InChI=1S/C29H40OS2/c1-4-6-8-9-22-10-12-23(13-11-22)21(3)26-19-28-29(31-26)20-27(32-28)24-14-16-25(17-15-24)30-18-7-5-2/h14-17,19-23H,4-13,18H2,1-3H3. The summed E-state index contributed by atoms with van der Waals surface area (Å²) in [6, 6.07) is 13.5. The quantitative estimate of drug-likeness (QED) is 0.254. The molecule has 174 valence electrons. The molecule has 1 unspecified atom stereocenters. The monoisotopic (exact) mass is 468 g/mol. The van der Waals surface area contributed by atoms with Crippen LogP contribution in [-0.2, 0) is 0 Å². The van der Waals surface area contributed by atoms with Gasteiger partial charge in [-0.3, -0.25) is 0 Å². The lowest BCUT2D eigenvalue weighted by Gasteiger charge is -2.32. The third-order valence-electron chi connectivity index (χ3n) is 7.39. The number of hydrogen-bond acceptors (Lipinski definition) is 3. The van der Waals surface area contributed by atoms with Crippen LogP contribution in [-0.4, -0.2) is 6.61 Å². The van der Waals surface area contributed by atoms with Crippen LogP contribution in [0.15, 0.2) is 36.4 Å². The minimum absolute atomic E-state index is 0.708. The fourth-order valence-electron chi connectivity index (χ4n) is 5.16. The summed E-state index contributed by atoms with van der Waals surface area (Å²) in [7, 11) is 0. The van der Waals surface area contributed by atoms with Gasteiger partial charge in [0.05, 0.1) is 6.61 Å². The maximum Gasteiger partial charge on any atom is 0.119 e. The van der Waals surface area contributed by atoms with Gasteiger partial charge in [0.1, 0.15) is 5.75 Å². The Kier molecular flexibility index (Phi) is 8.71. The second kappa shape index (κ2) is 11.7. The van der Waals surface area contributed by atoms with Crippen LogP contribution < -0.4 is 4.74 Å². The van der Waals surface area contributed by atoms with Crippen molar-refractivity contribution in [2.75, 3.05) is 6.61 Å². The van der Waals surface area contributed by atoms with Gasteiger partial charge >= 0.3 is 0 Å². The van der Waals surface area contributed by atoms with Gasteiger partial charge in [0.15, 0.2) is 0 Å². The van der Waals surface area contributed by atoms with E-state index < -0.39 is 0 Å². The minimum Gasteiger partial charge on any atom is -0.494 e. The van der Waals surface area contributed by atoms with E-state index in [1.807, 2.05) is 22.7 Å². The number of unbranched alkanes of at least 4 members (excludes halogenated alkanes) is 3. The van der Waals surface area contributed by atoms with Crippen molar-refractivity contribution in [2.45, 2.75) is 90.9 Å². The molecule has 3 aromatic rings. The molecular weight excluding hydrogens is 428 g/mol. The second-order valence-electron chi connectivity index (χ2n) is 9.78. The molecule has 0 amide bonds. The van der Waals surface area contributed by atoms with Crippen LogP contribution in [0, 0.1) is 11.8 Å². The molecule has 1 fully saturated rings. The van der Waals surface area contributed by atoms with Crippen molar-refractivity contribution >= 4 is 32.1 Å². The highest BCUT2D eigenvalue weighted by molar-refractivity contribution is 7.29. The Morgan fingerprint density at radius 1 is 0.875 bits per heavy atom. The van der Waals surface area contributed by atoms with Crippen LogP contribution in [0.2, 0.25) is 0 Å². The fraction of sp³-hybridized carbons (Fsp3) is 0.586. The summed E-state index contributed by atoms with van der Waals surface area (Å²) < 4.78 is 8.74. The van der Waals surface area contributed by atoms with Crippen molar-refractivity contribution in [2.24, 2.45) is 11.8 Å². The summed E-state index contributed by atoms with van der Waals surface area (Å²) in [5, 5.41) is 0. The first-order valence-corrected chi connectivity index (χ1v) is 14.6. The molecule has 2 aromatic heterocycles. The summed E-state index contributed by atoms with van der Waals surface area (Å²) in [4.78, 5) is 2.98. The molecule has 32 heavy (non-hydrogen) atoms. The predicted molar refractivity (Wildman–Crippen MR) is 144 cm³/mol. The van der Waals surface area contributed by atoms with Crippen molar-refractivity contribution in [1.82, 2.24) is 0 Å². The Morgan fingerprint density at radius 2 is 1.59 bits per heavy atom. The second-order valence-corrected chi connectivity index (χ2v) is 12.0. The molecule has 2 heterocycles. The summed E-state index contributed by atoms with van der Waals surface area (Å²) in [6.45, 7) is 7.80. The van der Waals surface area contributed by atoms with E-state index in [1.165, 1.54) is 77.6 Å². The highest BCUT2D eigenvalue weighted by Gasteiger charge is 2.27. The minimum atomic E-state index is 0.708. The van der Waals surface area contributed by atoms with Crippen LogP contribution >= 0.6 is 22.7 Å². The molecule has 0 aliphatic heterocycles. The smallest absolute Gasteiger partial charge is 0.119 e. The lowest BCUT2D eigenvalue weighted by atomic mass is 9.74. The van der Waals surface area contributed by atoms with E-state index in [0.717, 1.165) is 30.6 Å². The number of ether oxygens (including phenoxy) is 1. The lowest BCUT2D eigenvalue weighted by molar-refractivity contribution is 0.237. The Morgan fingerprint density at radius 3 is 2.28 bits per heavy atom. The average Bonchev–Trinajstić information content (AvgIpc) is 3.40. The highest BCUT2D eigenvalue weighted by atomic mass is 32.1. The predicted octanol–water partition coefficient (Wildman–Crippen LogP) is 10.3. The molecule has 0 bridgehead atoms. The van der Waals surface area contributed by atoms with E-state index >= 15 is 0 Å². The summed E-state index contributed by atoms with van der Waals surface area (Å²) in [5.74, 6) is 3.57. The third-order valence-corrected chi connectivity index (χ3v) is 9.94. The zero-order chi connectivity index (χ0) is 22.3. The van der Waals surface area contributed by atoms with Crippen molar-refractivity contribution < 1.29 is 4.74 Å². The molecule has 1 aliphatic carbocycles. The van der Waals surface area contributed by atoms with E-state index in [-0.39, 0.29) is 0 Å². The van der Waals surface area contributed by atoms with Crippen LogP contribution in [0.3, 0.4) is 0 Å². The van der Waals surface area contributed by atoms with Crippen LogP contribution in [0.4, 0.5) is 0 Å². The first-order valence-electron chi connectivity index (χ1n) is 12.9. The molecule has 1 aromatic carbocycles. The highest BCUT2D eigenvalue weighted by Crippen LogP contribution is 2.45. The normalized spacial score (nSPS) is 20.0. The van der Waals surface area contributed by atoms with E-state index in [4.69, 9.17) is 4.74 Å². The van der Waals surface area contributed by atoms with Crippen molar-refractivity contribution in [3.8, 4) is 16.2 Å². The van der Waals surface area contributed by atoms with Gasteiger partial charge < -0.3 is 4.74 Å². The zero-order valence-electron chi connectivity index (χ0n) is 20.2. The molecule has 1 atom stereocenters. The lowest BCUT2D eigenvalue weighted by Crippen LogP contribution is -2.18. The number of rotatable bonds is 11. The number of thiophene rings is 2. The molecule has 1 aliphatic rings. The molecule has 1 saturated carbocycles. The summed E-state index contributed by atoms with van der Waals surface area (Å²) >= 11 is 3.98. The Hall–Kier alpha value is -1.32. The van der Waals surface area contributed by atoms with Crippen molar-refractivity contribution in [1.29, 1.82) is 0 Å². The maximum absolute atomic E-state index is 5.82. The number of fused-ring (bicyclic) bond motifs is 1. The topological polar surface area (TPSA) is 9.23 Å². The van der Waals surface area contributed by atoms with Gasteiger partial charge in [-0.2, -0.15) is 0 Å². The molecule has 0 radical (unpaired) electrons. The van der Waals surface area contributed by atoms with Gasteiger partial charge in [0.25, 0.3) is 0 Å². The molecule has 1 nitrogen and oxygen atoms in total. The van der Waals surface area contributed by atoms with Gasteiger partial charge in [0.2, 0.25) is 0 Å². The van der Waals surface area contributed by atoms with Crippen LogP contribution in [0.25, 0.3) is 19.8 Å². The number of benzene rings is 1. The Bertz CT molecular complexity index is 912. The third kappa shape index (κ3) is 5.97. The SMILES string of the molecule is CCCCCC1CCC(C(C)c2cc3sc(-c4ccc(OCCCC)cc4)cc3s2)CC1. The van der Waals surface area contributed by atoms with Gasteiger partial charge in [-0.15, -0.1) is 22.7 Å². The molecular formula is C29H40OS2. The molecule has 3 heteroatoms. The Balaban J connectivity index is 1.34. The number of hydrogen-bond donors (Lipinski definition) is 0. The largest absolute Gasteiger partial charge is 0.494 e. The van der Waals surface area contributed by atoms with Gasteiger partial charge in [0, 0.05) is 19.2 Å². The summed E-state index contributed by atoms with van der Waals surface area (Å²) in [5.41, 5.74) is 1.30. The van der Waals surface area contributed by atoms with Gasteiger partial charge in [-0.05, 0) is 79.0 Å². The van der Waals surface area contributed by atoms with Crippen LogP contribution in [0.5, 0.6) is 5.75 Å². The first kappa shape index (κ1) is 23.8. The Labute approximate surface area is 203 Å². The average molecular weight is 469 g/mol. The molecule has 0 saturated heterocycles. The van der Waals surface area contributed by atoms with Gasteiger partial charge in [-0.1, -0.05) is 65.7 Å².